The minimum Gasteiger partial charge on any atom is -0.357 e. The van der Waals surface area contributed by atoms with Gasteiger partial charge in [0, 0.05) is 44.6 Å². The van der Waals surface area contributed by atoms with Crippen LogP contribution in [0.3, 0.4) is 0 Å². The predicted octanol–water partition coefficient (Wildman–Crippen LogP) is 2.63. The fourth-order valence-electron chi connectivity index (χ4n) is 3.00. The molecule has 1 fully saturated rings. The minimum atomic E-state index is -4.40. The number of aliphatic imine (C=N–C) groups is 1. The summed E-state index contributed by atoms with van der Waals surface area (Å²) in [7, 11) is 0. The summed E-state index contributed by atoms with van der Waals surface area (Å²) < 4.78 is 37.8. The van der Waals surface area contributed by atoms with Crippen molar-refractivity contribution in [3.63, 3.8) is 0 Å². The number of thiazole rings is 1. The summed E-state index contributed by atoms with van der Waals surface area (Å²) in [5.74, 6) is 0.614. The van der Waals surface area contributed by atoms with E-state index in [9.17, 15) is 13.2 Å². The summed E-state index contributed by atoms with van der Waals surface area (Å²) in [6.45, 7) is 12.6. The number of guanidine groups is 1. The molecule has 6 nitrogen and oxygen atoms in total. The molecule has 10 heteroatoms. The quantitative estimate of drug-likeness (QED) is 0.365. The van der Waals surface area contributed by atoms with Crippen LogP contribution in [-0.4, -0.2) is 73.1 Å². The van der Waals surface area contributed by atoms with E-state index in [-0.39, 0.29) is 6.54 Å². The van der Waals surface area contributed by atoms with Crippen molar-refractivity contribution in [2.24, 2.45) is 4.99 Å². The van der Waals surface area contributed by atoms with Crippen LogP contribution in [0.4, 0.5) is 13.2 Å². The Balaban J connectivity index is 1.68. The van der Waals surface area contributed by atoms with Crippen molar-refractivity contribution < 1.29 is 13.2 Å². The van der Waals surface area contributed by atoms with Gasteiger partial charge in [-0.2, -0.15) is 13.2 Å². The Morgan fingerprint density at radius 1 is 1.14 bits per heavy atom. The first-order valence-electron chi connectivity index (χ1n) is 9.90. The van der Waals surface area contributed by atoms with Crippen LogP contribution in [0.15, 0.2) is 10.4 Å². The number of halogens is 3. The van der Waals surface area contributed by atoms with Gasteiger partial charge in [0.1, 0.15) is 5.01 Å². The van der Waals surface area contributed by atoms with Crippen molar-refractivity contribution in [1.29, 1.82) is 0 Å². The molecule has 0 unspecified atom stereocenters. The van der Waals surface area contributed by atoms with E-state index in [1.54, 1.807) is 0 Å². The molecule has 28 heavy (non-hydrogen) atoms. The third-order valence-corrected chi connectivity index (χ3v) is 5.50. The molecule has 0 amide bonds. The van der Waals surface area contributed by atoms with Gasteiger partial charge in [0.2, 0.25) is 0 Å². The second-order valence-corrected chi connectivity index (χ2v) is 7.67. The fraction of sp³-hybridized carbons (Fsp3) is 0.778. The molecular weight excluding hydrogens is 389 g/mol. The van der Waals surface area contributed by atoms with Crippen molar-refractivity contribution >= 4 is 17.3 Å². The molecule has 0 radical (unpaired) electrons. The molecule has 1 aliphatic rings. The highest BCUT2D eigenvalue weighted by molar-refractivity contribution is 7.09. The monoisotopic (exact) mass is 420 g/mol. The van der Waals surface area contributed by atoms with Crippen LogP contribution in [0.1, 0.15) is 37.4 Å². The Kier molecular flexibility index (Phi) is 9.46. The summed E-state index contributed by atoms with van der Waals surface area (Å²) >= 11 is 0.983. The molecular formula is C18H31F3N6S. The summed E-state index contributed by atoms with van der Waals surface area (Å²) in [6, 6.07) is 0. The molecule has 0 aromatic carbocycles. The van der Waals surface area contributed by atoms with Crippen LogP contribution >= 0.6 is 11.3 Å². The molecule has 0 spiro atoms. The third kappa shape index (κ3) is 7.92. The molecule has 2 rings (SSSR count). The number of nitrogens with zero attached hydrogens (tertiary/aromatic N) is 4. The maximum Gasteiger partial charge on any atom is 0.434 e. The van der Waals surface area contributed by atoms with E-state index in [1.165, 1.54) is 0 Å². The van der Waals surface area contributed by atoms with Gasteiger partial charge in [0.15, 0.2) is 11.7 Å². The first kappa shape index (κ1) is 22.9. The van der Waals surface area contributed by atoms with E-state index in [2.05, 4.69) is 37.3 Å². The van der Waals surface area contributed by atoms with Gasteiger partial charge < -0.3 is 20.4 Å². The molecule has 1 aromatic heterocycles. The molecule has 160 valence electrons. The van der Waals surface area contributed by atoms with Gasteiger partial charge in [0.05, 0.1) is 6.54 Å². The average Bonchev–Trinajstić information content (AvgIpc) is 3.16. The van der Waals surface area contributed by atoms with E-state index in [1.807, 2.05) is 6.92 Å². The zero-order chi connectivity index (χ0) is 20.4. The number of nitrogens with one attached hydrogen (secondary N) is 2. The van der Waals surface area contributed by atoms with Crippen LogP contribution in [0.2, 0.25) is 0 Å². The number of likely N-dealkylation sites (N-methyl/N-ethyl adjacent to an activating group) is 1. The topological polar surface area (TPSA) is 55.8 Å². The van der Waals surface area contributed by atoms with Crippen LogP contribution in [0.25, 0.3) is 0 Å². The summed E-state index contributed by atoms with van der Waals surface area (Å²) in [6.07, 6.45) is -2.27. The fourth-order valence-corrected chi connectivity index (χ4v) is 3.72. The van der Waals surface area contributed by atoms with Crippen LogP contribution in [0, 0.1) is 0 Å². The van der Waals surface area contributed by atoms with Gasteiger partial charge in [0.25, 0.3) is 0 Å². The molecule has 0 saturated carbocycles. The zero-order valence-corrected chi connectivity index (χ0v) is 17.5. The number of unbranched alkanes of at least 4 members (excludes halogenated alkanes) is 1. The highest BCUT2D eigenvalue weighted by atomic mass is 32.1. The molecule has 1 saturated heterocycles. The Morgan fingerprint density at radius 2 is 1.86 bits per heavy atom. The van der Waals surface area contributed by atoms with Gasteiger partial charge in [-0.1, -0.05) is 6.92 Å². The maximum absolute atomic E-state index is 12.6. The lowest BCUT2D eigenvalue weighted by Gasteiger charge is -2.34. The molecule has 1 aromatic rings. The van der Waals surface area contributed by atoms with E-state index in [0.29, 0.717) is 17.5 Å². The highest BCUT2D eigenvalue weighted by Crippen LogP contribution is 2.30. The van der Waals surface area contributed by atoms with E-state index < -0.39 is 11.9 Å². The third-order valence-electron chi connectivity index (χ3n) is 4.66. The standard InChI is InChI=1S/C18H31F3N6S/c1-3-22-17(24-13-16-25-15(14-28-16)18(19,20)21)23-7-5-6-8-27-11-9-26(4-2)10-12-27/h14H,3-13H2,1-2H3,(H2,22,23,24). The Hall–Kier alpha value is -1.39. The Morgan fingerprint density at radius 3 is 2.46 bits per heavy atom. The predicted molar refractivity (Wildman–Crippen MR) is 108 cm³/mol. The van der Waals surface area contributed by atoms with Crippen LogP contribution < -0.4 is 10.6 Å². The lowest BCUT2D eigenvalue weighted by molar-refractivity contribution is -0.140. The van der Waals surface area contributed by atoms with Crippen molar-refractivity contribution in [2.45, 2.75) is 39.4 Å². The van der Waals surface area contributed by atoms with Gasteiger partial charge in [-0.25, -0.2) is 9.98 Å². The van der Waals surface area contributed by atoms with E-state index >= 15 is 0 Å². The summed E-state index contributed by atoms with van der Waals surface area (Å²) in [4.78, 5) is 12.9. The first-order valence-corrected chi connectivity index (χ1v) is 10.8. The van der Waals surface area contributed by atoms with Crippen molar-refractivity contribution in [1.82, 2.24) is 25.4 Å². The zero-order valence-electron chi connectivity index (χ0n) is 16.7. The summed E-state index contributed by atoms with van der Waals surface area (Å²) in [5.41, 5.74) is -0.847. The molecule has 2 heterocycles. The molecule has 0 aliphatic carbocycles. The van der Waals surface area contributed by atoms with Crippen molar-refractivity contribution in [2.75, 3.05) is 52.4 Å². The molecule has 2 N–H and O–H groups in total. The summed E-state index contributed by atoms with van der Waals surface area (Å²) in [5, 5.41) is 7.76. The number of hydrogen-bond donors (Lipinski definition) is 2. The normalized spacial score (nSPS) is 17.1. The number of hydrogen-bond acceptors (Lipinski definition) is 5. The number of rotatable bonds is 9. The van der Waals surface area contributed by atoms with Crippen molar-refractivity contribution in [3.05, 3.63) is 16.1 Å². The van der Waals surface area contributed by atoms with Gasteiger partial charge in [-0.3, -0.25) is 0 Å². The first-order chi connectivity index (χ1) is 13.4. The lowest BCUT2D eigenvalue weighted by Crippen LogP contribution is -2.46. The second kappa shape index (κ2) is 11.6. The van der Waals surface area contributed by atoms with Gasteiger partial charge in [-0.15, -0.1) is 11.3 Å². The Labute approximate surface area is 169 Å². The van der Waals surface area contributed by atoms with E-state index in [4.69, 9.17) is 0 Å². The number of alkyl halides is 3. The van der Waals surface area contributed by atoms with Crippen molar-refractivity contribution in [3.8, 4) is 0 Å². The second-order valence-electron chi connectivity index (χ2n) is 6.73. The number of piperazine rings is 1. The van der Waals surface area contributed by atoms with Crippen LogP contribution in [-0.2, 0) is 12.7 Å². The van der Waals surface area contributed by atoms with Crippen LogP contribution in [0.5, 0.6) is 0 Å². The Bertz CT molecular complexity index is 596. The average molecular weight is 421 g/mol. The highest BCUT2D eigenvalue weighted by Gasteiger charge is 2.33. The minimum absolute atomic E-state index is 0.137. The smallest absolute Gasteiger partial charge is 0.357 e. The van der Waals surface area contributed by atoms with Gasteiger partial charge in [-0.05, 0) is 32.9 Å². The SMILES string of the molecule is CCNC(=NCc1nc(C(F)(F)F)cs1)NCCCCN1CCN(CC)CC1. The molecule has 0 atom stereocenters. The van der Waals surface area contributed by atoms with E-state index in [0.717, 1.165) is 75.4 Å². The van der Waals surface area contributed by atoms with Gasteiger partial charge >= 0.3 is 6.18 Å². The maximum atomic E-state index is 12.6. The molecule has 0 bridgehead atoms. The lowest BCUT2D eigenvalue weighted by atomic mass is 10.2. The number of aromatic nitrogens is 1. The largest absolute Gasteiger partial charge is 0.434 e. The molecule has 1 aliphatic heterocycles.